The highest BCUT2D eigenvalue weighted by Crippen LogP contribution is 2.14. The molecular weight excluding hydrogens is 194 g/mol. The Morgan fingerprint density at radius 1 is 1.40 bits per heavy atom. The summed E-state index contributed by atoms with van der Waals surface area (Å²) in [5.74, 6) is 0.168. The van der Waals surface area contributed by atoms with Gasteiger partial charge in [-0.15, -0.1) is 0 Å². The lowest BCUT2D eigenvalue weighted by atomic mass is 10.3. The third-order valence-electron chi connectivity index (χ3n) is 1.91. The van der Waals surface area contributed by atoms with E-state index >= 15 is 0 Å². The van der Waals surface area contributed by atoms with Crippen LogP contribution in [0.2, 0.25) is 0 Å². The van der Waals surface area contributed by atoms with E-state index < -0.39 is 0 Å². The lowest BCUT2D eigenvalue weighted by molar-refractivity contribution is 0.0601. The number of hydrogen-bond donors (Lipinski definition) is 1. The van der Waals surface area contributed by atoms with Crippen LogP contribution in [0.1, 0.15) is 10.4 Å². The van der Waals surface area contributed by atoms with Crippen molar-refractivity contribution < 1.29 is 9.53 Å². The average molecular weight is 203 g/mol. The summed E-state index contributed by atoms with van der Waals surface area (Å²) in [7, 11) is 1.34. The predicted molar refractivity (Wildman–Crippen MR) is 53.2 cm³/mol. The normalized spacial score (nSPS) is 9.93. The molecule has 0 bridgehead atoms. The molecule has 0 aliphatic heterocycles. The number of nitrogens with zero attached hydrogens (tertiary/aromatic N) is 2. The van der Waals surface area contributed by atoms with Crippen LogP contribution in [0.15, 0.2) is 30.7 Å². The van der Waals surface area contributed by atoms with Crippen molar-refractivity contribution in [1.29, 1.82) is 0 Å². The van der Waals surface area contributed by atoms with Crippen molar-refractivity contribution in [2.75, 3.05) is 7.11 Å². The maximum absolute atomic E-state index is 11.2. The summed E-state index contributed by atoms with van der Waals surface area (Å²) in [5, 5.41) is 0. The quantitative estimate of drug-likeness (QED) is 0.746. The standard InChI is InChI=1S/C10H9N3O2/c1-15-10(14)7-5-8(13-6-7)9-11-3-2-4-12-9/h2-6,13H,1H3. The molecule has 0 aliphatic carbocycles. The van der Waals surface area contributed by atoms with E-state index in [1.165, 1.54) is 7.11 Å². The summed E-state index contributed by atoms with van der Waals surface area (Å²) in [6, 6.07) is 3.38. The smallest absolute Gasteiger partial charge is 0.339 e. The van der Waals surface area contributed by atoms with Gasteiger partial charge in [-0.2, -0.15) is 0 Å². The summed E-state index contributed by atoms with van der Waals surface area (Å²) in [5.41, 5.74) is 1.15. The molecule has 76 valence electrons. The number of aromatic amines is 1. The maximum atomic E-state index is 11.2. The predicted octanol–water partition coefficient (Wildman–Crippen LogP) is 1.26. The van der Waals surface area contributed by atoms with Gasteiger partial charge >= 0.3 is 5.97 Å². The molecule has 0 saturated carbocycles. The van der Waals surface area contributed by atoms with Crippen LogP contribution in [-0.4, -0.2) is 28.0 Å². The Morgan fingerprint density at radius 3 is 2.80 bits per heavy atom. The van der Waals surface area contributed by atoms with Gasteiger partial charge in [-0.1, -0.05) is 0 Å². The molecule has 2 aromatic rings. The fraction of sp³-hybridized carbons (Fsp3) is 0.100. The van der Waals surface area contributed by atoms with Crippen LogP contribution in [0.4, 0.5) is 0 Å². The molecule has 1 N–H and O–H groups in total. The summed E-state index contributed by atoms with van der Waals surface area (Å²) in [4.78, 5) is 22.2. The first-order valence-corrected chi connectivity index (χ1v) is 4.35. The second-order valence-corrected chi connectivity index (χ2v) is 2.87. The summed E-state index contributed by atoms with van der Waals surface area (Å²) in [6.07, 6.45) is 4.85. The monoisotopic (exact) mass is 203 g/mol. The number of ether oxygens (including phenoxy) is 1. The molecule has 5 nitrogen and oxygen atoms in total. The highest BCUT2D eigenvalue weighted by atomic mass is 16.5. The van der Waals surface area contributed by atoms with Gasteiger partial charge in [0.2, 0.25) is 0 Å². The number of carbonyl (C=O) groups excluding carboxylic acids is 1. The topological polar surface area (TPSA) is 67.9 Å². The molecule has 0 aliphatic rings. The number of methoxy groups -OCH3 is 1. The summed E-state index contributed by atoms with van der Waals surface area (Å²) < 4.78 is 4.59. The molecule has 15 heavy (non-hydrogen) atoms. The molecule has 2 heterocycles. The van der Waals surface area contributed by atoms with E-state index in [4.69, 9.17) is 0 Å². The van der Waals surface area contributed by atoms with E-state index in [-0.39, 0.29) is 5.97 Å². The lowest BCUT2D eigenvalue weighted by Crippen LogP contribution is -1.98. The van der Waals surface area contributed by atoms with Gasteiger partial charge in [0.25, 0.3) is 0 Å². The van der Waals surface area contributed by atoms with E-state index in [0.29, 0.717) is 17.1 Å². The molecule has 0 saturated heterocycles. The van der Waals surface area contributed by atoms with Crippen LogP contribution in [0.5, 0.6) is 0 Å². The first-order valence-electron chi connectivity index (χ1n) is 4.35. The third-order valence-corrected chi connectivity index (χ3v) is 1.91. The lowest BCUT2D eigenvalue weighted by Gasteiger charge is -1.93. The van der Waals surface area contributed by atoms with Crippen molar-refractivity contribution in [3.05, 3.63) is 36.3 Å². The van der Waals surface area contributed by atoms with Crippen LogP contribution in [0, 0.1) is 0 Å². The molecule has 2 rings (SSSR count). The molecule has 0 spiro atoms. The Balaban J connectivity index is 2.32. The third kappa shape index (κ3) is 1.85. The van der Waals surface area contributed by atoms with Crippen molar-refractivity contribution in [1.82, 2.24) is 15.0 Å². The highest BCUT2D eigenvalue weighted by molar-refractivity contribution is 5.90. The van der Waals surface area contributed by atoms with Gasteiger partial charge in [0, 0.05) is 18.6 Å². The fourth-order valence-corrected chi connectivity index (χ4v) is 1.20. The number of hydrogen-bond acceptors (Lipinski definition) is 4. The first kappa shape index (κ1) is 9.39. The number of esters is 1. The van der Waals surface area contributed by atoms with Crippen molar-refractivity contribution >= 4 is 5.97 Å². The van der Waals surface area contributed by atoms with E-state index in [0.717, 1.165) is 0 Å². The SMILES string of the molecule is COC(=O)c1c[nH]c(-c2ncccn2)c1. The molecule has 0 fully saturated rings. The van der Waals surface area contributed by atoms with Crippen LogP contribution in [0.25, 0.3) is 11.5 Å². The van der Waals surface area contributed by atoms with Crippen molar-refractivity contribution in [3.8, 4) is 11.5 Å². The van der Waals surface area contributed by atoms with Gasteiger partial charge < -0.3 is 9.72 Å². The van der Waals surface area contributed by atoms with E-state index in [2.05, 4.69) is 19.7 Å². The van der Waals surface area contributed by atoms with Gasteiger partial charge in [0.1, 0.15) is 0 Å². The summed E-state index contributed by atoms with van der Waals surface area (Å²) >= 11 is 0. The molecule has 0 amide bonds. The Hall–Kier alpha value is -2.17. The Morgan fingerprint density at radius 2 is 2.13 bits per heavy atom. The van der Waals surface area contributed by atoms with Gasteiger partial charge in [-0.25, -0.2) is 14.8 Å². The zero-order valence-electron chi connectivity index (χ0n) is 8.10. The number of carbonyl (C=O) groups is 1. The molecule has 0 unspecified atom stereocenters. The maximum Gasteiger partial charge on any atom is 0.339 e. The van der Waals surface area contributed by atoms with Gasteiger partial charge in [0.05, 0.1) is 18.4 Å². The first-order chi connectivity index (χ1) is 7.31. The summed E-state index contributed by atoms with van der Waals surface area (Å²) in [6.45, 7) is 0. The van der Waals surface area contributed by atoms with E-state index in [1.807, 2.05) is 0 Å². The highest BCUT2D eigenvalue weighted by Gasteiger charge is 2.09. The second-order valence-electron chi connectivity index (χ2n) is 2.87. The molecule has 0 atom stereocenters. The number of nitrogens with one attached hydrogen (secondary N) is 1. The Labute approximate surface area is 86.1 Å². The number of H-pyrrole nitrogens is 1. The van der Waals surface area contributed by atoms with Gasteiger partial charge in [0.15, 0.2) is 5.82 Å². The van der Waals surface area contributed by atoms with E-state index in [9.17, 15) is 4.79 Å². The zero-order valence-corrected chi connectivity index (χ0v) is 8.10. The van der Waals surface area contributed by atoms with Crippen LogP contribution in [0.3, 0.4) is 0 Å². The minimum Gasteiger partial charge on any atom is -0.465 e. The Bertz CT molecular complexity index is 465. The zero-order chi connectivity index (χ0) is 10.7. The molecule has 0 aromatic carbocycles. The largest absolute Gasteiger partial charge is 0.465 e. The van der Waals surface area contributed by atoms with Crippen molar-refractivity contribution in [3.63, 3.8) is 0 Å². The minimum atomic E-state index is -0.381. The molecule has 5 heteroatoms. The average Bonchev–Trinajstić information content (AvgIpc) is 2.78. The Kier molecular flexibility index (Phi) is 2.45. The van der Waals surface area contributed by atoms with Crippen LogP contribution >= 0.6 is 0 Å². The number of aromatic nitrogens is 3. The fourth-order valence-electron chi connectivity index (χ4n) is 1.20. The van der Waals surface area contributed by atoms with E-state index in [1.54, 1.807) is 30.7 Å². The second kappa shape index (κ2) is 3.91. The molecule has 2 aromatic heterocycles. The minimum absolute atomic E-state index is 0.381. The number of rotatable bonds is 2. The molecule has 0 radical (unpaired) electrons. The van der Waals surface area contributed by atoms with Crippen LogP contribution in [-0.2, 0) is 4.74 Å². The van der Waals surface area contributed by atoms with Crippen molar-refractivity contribution in [2.45, 2.75) is 0 Å². The van der Waals surface area contributed by atoms with Gasteiger partial charge in [-0.3, -0.25) is 0 Å². The van der Waals surface area contributed by atoms with Crippen LogP contribution < -0.4 is 0 Å². The molecular formula is C10H9N3O2. The van der Waals surface area contributed by atoms with Crippen molar-refractivity contribution in [2.24, 2.45) is 0 Å². The van der Waals surface area contributed by atoms with Gasteiger partial charge in [-0.05, 0) is 12.1 Å².